The second-order valence-corrected chi connectivity index (χ2v) is 12.5. The molecule has 3 heteroatoms. The number of nitrogens with two attached hydrogens (primary N) is 1. The highest BCUT2D eigenvalue weighted by molar-refractivity contribution is 8.77. The van der Waals surface area contributed by atoms with Gasteiger partial charge in [-0.1, -0.05) is 62.6 Å². The third-order valence-electron chi connectivity index (χ3n) is 3.81. The normalized spacial score (nSPS) is 14.7. The Balaban J connectivity index is 4.51. The van der Waals surface area contributed by atoms with Gasteiger partial charge in [-0.3, -0.25) is 0 Å². The van der Waals surface area contributed by atoms with E-state index in [4.69, 9.17) is 5.73 Å². The monoisotopic (exact) mass is 319 g/mol. The molecule has 2 N–H and O–H groups in total. The molecule has 0 atom stereocenters. The summed E-state index contributed by atoms with van der Waals surface area (Å²) < 4.78 is 0.579. The molecule has 0 unspecified atom stereocenters. The van der Waals surface area contributed by atoms with Crippen LogP contribution in [0.4, 0.5) is 0 Å². The first kappa shape index (κ1) is 20.7. The van der Waals surface area contributed by atoms with Crippen molar-refractivity contribution in [1.82, 2.24) is 0 Å². The average molecular weight is 320 g/mol. The Kier molecular flexibility index (Phi) is 7.52. The molecule has 0 aliphatic heterocycles. The van der Waals surface area contributed by atoms with E-state index < -0.39 is 0 Å². The Morgan fingerprint density at radius 2 is 1.05 bits per heavy atom. The van der Waals surface area contributed by atoms with Crippen molar-refractivity contribution in [3.63, 3.8) is 0 Å². The standard InChI is InChI=1S/C17H37NS2/c1-10-14(2,3)11-16(6,7)19-20-17(8,9)12-15(4,5)13-18/h10-13,18H2,1-9H3. The van der Waals surface area contributed by atoms with Crippen molar-refractivity contribution in [3.8, 4) is 0 Å². The molecule has 0 bridgehead atoms. The van der Waals surface area contributed by atoms with Crippen LogP contribution in [0.25, 0.3) is 0 Å². The molecule has 0 spiro atoms. The van der Waals surface area contributed by atoms with E-state index in [2.05, 4.69) is 73.1 Å². The highest BCUT2D eigenvalue weighted by Gasteiger charge is 2.33. The molecule has 0 aliphatic carbocycles. The van der Waals surface area contributed by atoms with Crippen molar-refractivity contribution in [2.24, 2.45) is 16.6 Å². The van der Waals surface area contributed by atoms with Gasteiger partial charge in [-0.15, -0.1) is 0 Å². The summed E-state index contributed by atoms with van der Waals surface area (Å²) in [6.45, 7) is 21.8. The molecule has 0 aromatic heterocycles. The predicted octanol–water partition coefficient (Wildman–Crippen LogP) is 6.13. The fourth-order valence-electron chi connectivity index (χ4n) is 2.79. The first-order valence-electron chi connectivity index (χ1n) is 7.81. The fraction of sp³-hybridized carbons (Fsp3) is 1.00. The first-order chi connectivity index (χ1) is 8.74. The molecule has 122 valence electrons. The molecular weight excluding hydrogens is 282 g/mol. The molecule has 0 saturated carbocycles. The van der Waals surface area contributed by atoms with Gasteiger partial charge in [0.2, 0.25) is 0 Å². The van der Waals surface area contributed by atoms with E-state index in [-0.39, 0.29) is 10.2 Å². The van der Waals surface area contributed by atoms with Crippen molar-refractivity contribution in [3.05, 3.63) is 0 Å². The molecule has 0 rings (SSSR count). The Morgan fingerprint density at radius 3 is 1.35 bits per heavy atom. The summed E-state index contributed by atoms with van der Waals surface area (Å²) in [5, 5.41) is 0. The van der Waals surface area contributed by atoms with Crippen molar-refractivity contribution in [2.75, 3.05) is 6.54 Å². The Morgan fingerprint density at radius 1 is 0.700 bits per heavy atom. The van der Waals surface area contributed by atoms with Gasteiger partial charge in [-0.2, -0.15) is 0 Å². The van der Waals surface area contributed by atoms with Gasteiger partial charge in [0.25, 0.3) is 0 Å². The van der Waals surface area contributed by atoms with Crippen LogP contribution in [-0.4, -0.2) is 16.0 Å². The van der Waals surface area contributed by atoms with Crippen LogP contribution in [-0.2, 0) is 0 Å². The van der Waals surface area contributed by atoms with Gasteiger partial charge in [-0.25, -0.2) is 0 Å². The van der Waals surface area contributed by atoms with E-state index >= 15 is 0 Å². The molecular formula is C17H37NS2. The van der Waals surface area contributed by atoms with Gasteiger partial charge in [0.05, 0.1) is 0 Å². The zero-order valence-corrected chi connectivity index (χ0v) is 16.9. The molecule has 0 aliphatic rings. The van der Waals surface area contributed by atoms with Gasteiger partial charge < -0.3 is 5.73 Å². The molecule has 0 saturated heterocycles. The van der Waals surface area contributed by atoms with Crippen LogP contribution in [0.5, 0.6) is 0 Å². The maximum atomic E-state index is 5.88. The Hall–Kier alpha value is 0.660. The Bertz CT molecular complexity index is 263. The topological polar surface area (TPSA) is 26.0 Å². The summed E-state index contributed by atoms with van der Waals surface area (Å²) in [6, 6.07) is 0. The van der Waals surface area contributed by atoms with Crippen LogP contribution in [0.1, 0.15) is 81.6 Å². The lowest BCUT2D eigenvalue weighted by Gasteiger charge is -2.38. The number of rotatable bonds is 9. The van der Waals surface area contributed by atoms with Gasteiger partial charge in [0.15, 0.2) is 0 Å². The maximum Gasteiger partial charge on any atom is 0.0213 e. The molecule has 0 aromatic carbocycles. The highest BCUT2D eigenvalue weighted by Crippen LogP contribution is 2.51. The van der Waals surface area contributed by atoms with Crippen molar-refractivity contribution in [1.29, 1.82) is 0 Å². The molecule has 0 amide bonds. The zero-order valence-electron chi connectivity index (χ0n) is 15.2. The summed E-state index contributed by atoms with van der Waals surface area (Å²) in [4.78, 5) is 0. The minimum atomic E-state index is 0.226. The van der Waals surface area contributed by atoms with E-state index in [9.17, 15) is 0 Å². The molecule has 20 heavy (non-hydrogen) atoms. The quantitative estimate of drug-likeness (QED) is 0.518. The van der Waals surface area contributed by atoms with E-state index in [0.717, 1.165) is 13.0 Å². The third kappa shape index (κ3) is 8.84. The van der Waals surface area contributed by atoms with Gasteiger partial charge in [0.1, 0.15) is 0 Å². The minimum Gasteiger partial charge on any atom is -0.330 e. The molecule has 0 heterocycles. The molecule has 1 nitrogen and oxygen atoms in total. The van der Waals surface area contributed by atoms with Gasteiger partial charge >= 0.3 is 0 Å². The lowest BCUT2D eigenvalue weighted by Crippen LogP contribution is -2.32. The predicted molar refractivity (Wildman–Crippen MR) is 99.5 cm³/mol. The van der Waals surface area contributed by atoms with Crippen LogP contribution in [0.2, 0.25) is 0 Å². The van der Waals surface area contributed by atoms with Gasteiger partial charge in [-0.05, 0) is 57.9 Å². The first-order valence-corrected chi connectivity index (χ1v) is 9.96. The molecule has 0 aromatic rings. The summed E-state index contributed by atoms with van der Waals surface area (Å²) >= 11 is 0. The van der Waals surface area contributed by atoms with E-state index in [1.807, 2.05) is 10.8 Å². The largest absolute Gasteiger partial charge is 0.330 e. The number of hydrogen-bond acceptors (Lipinski definition) is 3. The SMILES string of the molecule is CCC(C)(C)CC(C)(C)SSC(C)(C)CC(C)(C)CN. The van der Waals surface area contributed by atoms with Crippen molar-refractivity contribution < 1.29 is 0 Å². The highest BCUT2D eigenvalue weighted by atomic mass is 33.1. The van der Waals surface area contributed by atoms with E-state index in [0.29, 0.717) is 10.2 Å². The van der Waals surface area contributed by atoms with Crippen LogP contribution in [0, 0.1) is 10.8 Å². The second kappa shape index (κ2) is 7.28. The summed E-state index contributed by atoms with van der Waals surface area (Å²) in [5.41, 5.74) is 6.54. The molecule has 0 fully saturated rings. The average Bonchev–Trinajstić information content (AvgIpc) is 2.24. The lowest BCUT2D eigenvalue weighted by atomic mass is 9.81. The third-order valence-corrected chi connectivity index (χ3v) is 8.04. The van der Waals surface area contributed by atoms with Crippen molar-refractivity contribution >= 4 is 21.6 Å². The Labute approximate surface area is 136 Å². The summed E-state index contributed by atoms with van der Waals surface area (Å²) in [6.07, 6.45) is 3.65. The smallest absolute Gasteiger partial charge is 0.0213 e. The number of hydrogen-bond donors (Lipinski definition) is 1. The summed E-state index contributed by atoms with van der Waals surface area (Å²) in [7, 11) is 4.10. The second-order valence-electron chi connectivity index (χ2n) is 8.93. The van der Waals surface area contributed by atoms with Crippen LogP contribution < -0.4 is 5.73 Å². The van der Waals surface area contributed by atoms with Gasteiger partial charge in [0, 0.05) is 9.49 Å². The van der Waals surface area contributed by atoms with Crippen LogP contribution >= 0.6 is 21.6 Å². The van der Waals surface area contributed by atoms with Crippen molar-refractivity contribution in [2.45, 2.75) is 91.1 Å². The molecule has 0 radical (unpaired) electrons. The minimum absolute atomic E-state index is 0.226. The maximum absolute atomic E-state index is 5.88. The fourth-order valence-corrected chi connectivity index (χ4v) is 5.84. The van der Waals surface area contributed by atoms with E-state index in [1.54, 1.807) is 0 Å². The zero-order chi connectivity index (χ0) is 16.2. The van der Waals surface area contributed by atoms with Crippen LogP contribution in [0.3, 0.4) is 0 Å². The van der Waals surface area contributed by atoms with E-state index in [1.165, 1.54) is 12.8 Å². The lowest BCUT2D eigenvalue weighted by molar-refractivity contribution is 0.293. The summed E-state index contributed by atoms with van der Waals surface area (Å²) in [5.74, 6) is 0. The van der Waals surface area contributed by atoms with Crippen LogP contribution in [0.15, 0.2) is 0 Å².